The quantitative estimate of drug-likeness (QED) is 0.731. The van der Waals surface area contributed by atoms with E-state index in [1.807, 2.05) is 13.0 Å². The average molecular weight is 207 g/mol. The summed E-state index contributed by atoms with van der Waals surface area (Å²) in [7, 11) is 0. The minimum absolute atomic E-state index is 0.324. The van der Waals surface area contributed by atoms with Crippen LogP contribution >= 0.6 is 0 Å². The normalized spacial score (nSPS) is 17.7. The maximum Gasteiger partial charge on any atom is 0.115 e. The third-order valence-corrected chi connectivity index (χ3v) is 2.79. The van der Waals surface area contributed by atoms with Gasteiger partial charge in [-0.05, 0) is 43.5 Å². The molecule has 1 aromatic carbocycles. The van der Waals surface area contributed by atoms with Crippen LogP contribution in [-0.2, 0) is 4.74 Å². The zero-order valence-electron chi connectivity index (χ0n) is 8.99. The molecule has 0 aliphatic carbocycles. The highest BCUT2D eigenvalue weighted by Gasteiger charge is 2.13. The van der Waals surface area contributed by atoms with Gasteiger partial charge in [0.2, 0.25) is 0 Å². The first kappa shape index (κ1) is 10.3. The largest absolute Gasteiger partial charge is 0.508 e. The van der Waals surface area contributed by atoms with Crippen molar-refractivity contribution in [2.45, 2.75) is 25.8 Å². The summed E-state index contributed by atoms with van der Waals surface area (Å²) in [6.45, 7) is 3.69. The Hall–Kier alpha value is -1.22. The molecule has 1 fully saturated rings. The van der Waals surface area contributed by atoms with Crippen LogP contribution < -0.4 is 5.32 Å². The van der Waals surface area contributed by atoms with Crippen LogP contribution in [0, 0.1) is 6.92 Å². The Morgan fingerprint density at radius 1 is 1.33 bits per heavy atom. The molecule has 0 radical (unpaired) electrons. The lowest BCUT2D eigenvalue weighted by atomic mass is 10.1. The molecule has 15 heavy (non-hydrogen) atoms. The first-order chi connectivity index (χ1) is 7.25. The molecule has 1 aliphatic heterocycles. The third-order valence-electron chi connectivity index (χ3n) is 2.79. The highest BCUT2D eigenvalue weighted by Crippen LogP contribution is 2.22. The van der Waals surface area contributed by atoms with Crippen LogP contribution in [0.2, 0.25) is 0 Å². The molecule has 1 heterocycles. The molecule has 2 N–H and O–H groups in total. The second-order valence-corrected chi connectivity index (χ2v) is 4.03. The van der Waals surface area contributed by atoms with Gasteiger partial charge in [-0.15, -0.1) is 0 Å². The molecule has 0 unspecified atom stereocenters. The van der Waals surface area contributed by atoms with E-state index < -0.39 is 0 Å². The van der Waals surface area contributed by atoms with Crippen molar-refractivity contribution in [1.29, 1.82) is 0 Å². The molecule has 2 rings (SSSR count). The maximum atomic E-state index is 9.30. The third kappa shape index (κ3) is 2.63. The summed E-state index contributed by atoms with van der Waals surface area (Å²) in [6.07, 6.45) is 2.11. The highest BCUT2D eigenvalue weighted by atomic mass is 16.5. The Morgan fingerprint density at radius 3 is 2.73 bits per heavy atom. The van der Waals surface area contributed by atoms with Gasteiger partial charge >= 0.3 is 0 Å². The molecule has 82 valence electrons. The molecule has 0 aromatic heterocycles. The lowest BCUT2D eigenvalue weighted by Crippen LogP contribution is -2.28. The fourth-order valence-corrected chi connectivity index (χ4v) is 1.87. The van der Waals surface area contributed by atoms with Crippen molar-refractivity contribution in [3.8, 4) is 5.75 Å². The van der Waals surface area contributed by atoms with Crippen LogP contribution in [0.5, 0.6) is 5.75 Å². The summed E-state index contributed by atoms with van der Waals surface area (Å²) < 4.78 is 5.31. The molecule has 0 atom stereocenters. The minimum atomic E-state index is 0.324. The van der Waals surface area contributed by atoms with E-state index >= 15 is 0 Å². The summed E-state index contributed by atoms with van der Waals surface area (Å²) in [4.78, 5) is 0. The number of rotatable bonds is 2. The van der Waals surface area contributed by atoms with E-state index in [4.69, 9.17) is 4.74 Å². The molecule has 3 nitrogen and oxygen atoms in total. The number of hydrogen-bond donors (Lipinski definition) is 2. The molecule has 1 aromatic rings. The van der Waals surface area contributed by atoms with Crippen molar-refractivity contribution in [2.24, 2.45) is 0 Å². The number of aromatic hydroxyl groups is 1. The fraction of sp³-hybridized carbons (Fsp3) is 0.500. The van der Waals surface area contributed by atoms with E-state index in [2.05, 4.69) is 5.32 Å². The smallest absolute Gasteiger partial charge is 0.115 e. The van der Waals surface area contributed by atoms with Gasteiger partial charge in [0, 0.05) is 24.9 Å². The fourth-order valence-electron chi connectivity index (χ4n) is 1.87. The molecule has 0 amide bonds. The lowest BCUT2D eigenvalue weighted by Gasteiger charge is -2.25. The van der Waals surface area contributed by atoms with Gasteiger partial charge in [-0.1, -0.05) is 0 Å². The summed E-state index contributed by atoms with van der Waals surface area (Å²) in [6, 6.07) is 5.93. The number of benzene rings is 1. The van der Waals surface area contributed by atoms with Crippen LogP contribution in [-0.4, -0.2) is 24.4 Å². The van der Waals surface area contributed by atoms with Crippen LogP contribution in [0.1, 0.15) is 18.4 Å². The zero-order valence-corrected chi connectivity index (χ0v) is 8.99. The maximum absolute atomic E-state index is 9.30. The molecule has 0 saturated carbocycles. The molecule has 1 saturated heterocycles. The second kappa shape index (κ2) is 4.53. The summed E-state index contributed by atoms with van der Waals surface area (Å²) in [5, 5.41) is 12.8. The van der Waals surface area contributed by atoms with Crippen molar-refractivity contribution in [3.63, 3.8) is 0 Å². The Balaban J connectivity index is 2.03. The van der Waals surface area contributed by atoms with Gasteiger partial charge in [0.1, 0.15) is 5.75 Å². The van der Waals surface area contributed by atoms with Crippen molar-refractivity contribution < 1.29 is 9.84 Å². The standard InChI is InChI=1S/C12H17NO2/c1-9-8-11(14)2-3-12(9)13-10-4-6-15-7-5-10/h2-3,8,10,13-14H,4-7H2,1H3. The zero-order chi connectivity index (χ0) is 10.7. The number of aryl methyl sites for hydroxylation is 1. The Morgan fingerprint density at radius 2 is 2.07 bits per heavy atom. The van der Waals surface area contributed by atoms with Crippen molar-refractivity contribution in [1.82, 2.24) is 0 Å². The number of phenolic OH excluding ortho intramolecular Hbond substituents is 1. The Bertz CT molecular complexity index is 332. The Labute approximate surface area is 90.1 Å². The molecule has 0 bridgehead atoms. The predicted molar refractivity (Wildman–Crippen MR) is 60.3 cm³/mol. The second-order valence-electron chi connectivity index (χ2n) is 4.03. The van der Waals surface area contributed by atoms with Gasteiger partial charge in [-0.3, -0.25) is 0 Å². The van der Waals surface area contributed by atoms with Gasteiger partial charge < -0.3 is 15.2 Å². The number of hydrogen-bond acceptors (Lipinski definition) is 3. The molecular weight excluding hydrogens is 190 g/mol. The molecule has 3 heteroatoms. The molecule has 0 spiro atoms. The van der Waals surface area contributed by atoms with Gasteiger partial charge in [0.25, 0.3) is 0 Å². The van der Waals surface area contributed by atoms with E-state index in [1.165, 1.54) is 0 Å². The first-order valence-corrected chi connectivity index (χ1v) is 5.39. The topological polar surface area (TPSA) is 41.5 Å². The number of phenols is 1. The van der Waals surface area contributed by atoms with Gasteiger partial charge in [0.15, 0.2) is 0 Å². The predicted octanol–water partition coefficient (Wildman–Crippen LogP) is 2.29. The van der Waals surface area contributed by atoms with Gasteiger partial charge in [0.05, 0.1) is 0 Å². The van der Waals surface area contributed by atoms with Crippen molar-refractivity contribution >= 4 is 5.69 Å². The highest BCUT2D eigenvalue weighted by molar-refractivity contribution is 5.53. The summed E-state index contributed by atoms with van der Waals surface area (Å²) >= 11 is 0. The van der Waals surface area contributed by atoms with Crippen LogP contribution in [0.3, 0.4) is 0 Å². The number of nitrogens with one attached hydrogen (secondary N) is 1. The monoisotopic (exact) mass is 207 g/mol. The van der Waals surface area contributed by atoms with Crippen LogP contribution in [0.15, 0.2) is 18.2 Å². The lowest BCUT2D eigenvalue weighted by molar-refractivity contribution is 0.0904. The van der Waals surface area contributed by atoms with E-state index in [1.54, 1.807) is 12.1 Å². The first-order valence-electron chi connectivity index (χ1n) is 5.39. The van der Waals surface area contributed by atoms with Gasteiger partial charge in [-0.2, -0.15) is 0 Å². The van der Waals surface area contributed by atoms with Crippen molar-refractivity contribution in [3.05, 3.63) is 23.8 Å². The van der Waals surface area contributed by atoms with E-state index in [0.29, 0.717) is 11.8 Å². The molecular formula is C12H17NO2. The SMILES string of the molecule is Cc1cc(O)ccc1NC1CCOCC1. The Kier molecular flexibility index (Phi) is 3.11. The number of anilines is 1. The van der Waals surface area contributed by atoms with Crippen LogP contribution in [0.25, 0.3) is 0 Å². The van der Waals surface area contributed by atoms with Crippen LogP contribution in [0.4, 0.5) is 5.69 Å². The van der Waals surface area contributed by atoms with E-state index in [9.17, 15) is 5.11 Å². The van der Waals surface area contributed by atoms with E-state index in [0.717, 1.165) is 37.3 Å². The van der Waals surface area contributed by atoms with Crippen molar-refractivity contribution in [2.75, 3.05) is 18.5 Å². The number of ether oxygens (including phenoxy) is 1. The average Bonchev–Trinajstić information content (AvgIpc) is 2.24. The molecule has 1 aliphatic rings. The summed E-state index contributed by atoms with van der Waals surface area (Å²) in [5.41, 5.74) is 2.20. The minimum Gasteiger partial charge on any atom is -0.508 e. The van der Waals surface area contributed by atoms with Gasteiger partial charge in [-0.25, -0.2) is 0 Å². The van der Waals surface area contributed by atoms with E-state index in [-0.39, 0.29) is 0 Å². The summed E-state index contributed by atoms with van der Waals surface area (Å²) in [5.74, 6) is 0.324.